The monoisotopic (exact) mass is 273 g/mol. The zero-order valence-corrected chi connectivity index (χ0v) is 10.0. The Labute approximate surface area is 102 Å². The van der Waals surface area contributed by atoms with Gasteiger partial charge in [-0.25, -0.2) is 12.8 Å². The van der Waals surface area contributed by atoms with Crippen molar-refractivity contribution in [2.45, 2.75) is 4.90 Å². The van der Waals surface area contributed by atoms with Gasteiger partial charge in [0.25, 0.3) is 15.7 Å². The van der Waals surface area contributed by atoms with E-state index in [1.165, 1.54) is 0 Å². The van der Waals surface area contributed by atoms with Crippen LogP contribution in [0.1, 0.15) is 0 Å². The molecule has 9 heteroatoms. The Balaban J connectivity index is 3.42. The van der Waals surface area contributed by atoms with Gasteiger partial charge >= 0.3 is 0 Å². The molecule has 0 saturated heterocycles. The third-order valence-electron chi connectivity index (χ3n) is 2.10. The Morgan fingerprint density at radius 3 is 2.67 bits per heavy atom. The van der Waals surface area contributed by atoms with E-state index in [0.29, 0.717) is 10.4 Å². The fourth-order valence-electron chi connectivity index (χ4n) is 1.20. The van der Waals surface area contributed by atoms with Crippen LogP contribution < -0.4 is 0 Å². The molecule has 1 aromatic carbocycles. The standard InChI is InChI=1S/C9H8FN3O4S/c1-12(5-4-11)18(16,17)9-3-2-7(10)6-8(9)13(14)15/h2-3,6H,5H2,1H3. The van der Waals surface area contributed by atoms with Crippen molar-refractivity contribution in [2.75, 3.05) is 13.6 Å². The molecule has 1 rings (SSSR count). The Morgan fingerprint density at radius 2 is 2.17 bits per heavy atom. The van der Waals surface area contributed by atoms with Crippen molar-refractivity contribution in [1.29, 1.82) is 5.26 Å². The Bertz CT molecular complexity index is 623. The highest BCUT2D eigenvalue weighted by Crippen LogP contribution is 2.26. The molecule has 1 aromatic rings. The normalized spacial score (nSPS) is 11.2. The first-order valence-electron chi connectivity index (χ1n) is 4.58. The number of nitro benzene ring substituents is 1. The number of nitro groups is 1. The van der Waals surface area contributed by atoms with Crippen LogP contribution in [-0.2, 0) is 10.0 Å². The molecule has 96 valence electrons. The summed E-state index contributed by atoms with van der Waals surface area (Å²) in [5.41, 5.74) is -0.861. The molecule has 7 nitrogen and oxygen atoms in total. The highest BCUT2D eigenvalue weighted by molar-refractivity contribution is 7.89. The lowest BCUT2D eigenvalue weighted by atomic mass is 10.3. The van der Waals surface area contributed by atoms with Crippen molar-refractivity contribution < 1.29 is 17.7 Å². The van der Waals surface area contributed by atoms with Gasteiger partial charge in [-0.15, -0.1) is 0 Å². The largest absolute Gasteiger partial charge is 0.292 e. The number of nitriles is 1. The fraction of sp³-hybridized carbons (Fsp3) is 0.222. The maximum Gasteiger partial charge on any atom is 0.292 e. The van der Waals surface area contributed by atoms with Gasteiger partial charge in [-0.05, 0) is 12.1 Å². The molecule has 0 amide bonds. The molecule has 0 N–H and O–H groups in total. The quantitative estimate of drug-likeness (QED) is 0.460. The predicted molar refractivity (Wildman–Crippen MR) is 58.5 cm³/mol. The van der Waals surface area contributed by atoms with Crippen LogP contribution in [0.15, 0.2) is 23.1 Å². The zero-order valence-electron chi connectivity index (χ0n) is 9.20. The molecular formula is C9H8FN3O4S. The summed E-state index contributed by atoms with van der Waals surface area (Å²) in [5, 5.41) is 19.1. The van der Waals surface area contributed by atoms with Gasteiger partial charge in [-0.1, -0.05) is 0 Å². The third-order valence-corrected chi connectivity index (χ3v) is 3.95. The number of halogens is 1. The molecule has 0 unspecified atom stereocenters. The van der Waals surface area contributed by atoms with Crippen molar-refractivity contribution >= 4 is 15.7 Å². The molecule has 0 heterocycles. The van der Waals surface area contributed by atoms with E-state index < -0.39 is 37.9 Å². The number of benzene rings is 1. The van der Waals surface area contributed by atoms with Crippen molar-refractivity contribution in [2.24, 2.45) is 0 Å². The number of hydrogen-bond donors (Lipinski definition) is 0. The molecule has 0 aliphatic carbocycles. The maximum absolute atomic E-state index is 12.9. The van der Waals surface area contributed by atoms with Crippen LogP contribution in [-0.4, -0.2) is 31.2 Å². The van der Waals surface area contributed by atoms with Crippen molar-refractivity contribution in [1.82, 2.24) is 4.31 Å². The average Bonchev–Trinajstić information content (AvgIpc) is 2.28. The van der Waals surface area contributed by atoms with E-state index >= 15 is 0 Å². The zero-order chi connectivity index (χ0) is 13.9. The first-order valence-corrected chi connectivity index (χ1v) is 6.02. The summed E-state index contributed by atoms with van der Waals surface area (Å²) in [6, 6.07) is 3.74. The molecule has 0 bridgehead atoms. The second kappa shape index (κ2) is 5.07. The molecule has 0 aliphatic heterocycles. The summed E-state index contributed by atoms with van der Waals surface area (Å²) in [4.78, 5) is 9.06. The van der Waals surface area contributed by atoms with E-state index in [9.17, 15) is 22.9 Å². The van der Waals surface area contributed by atoms with Gasteiger partial charge < -0.3 is 0 Å². The molecular weight excluding hydrogens is 265 g/mol. The first-order chi connectivity index (χ1) is 8.30. The topological polar surface area (TPSA) is 104 Å². The minimum Gasteiger partial charge on any atom is -0.258 e. The maximum atomic E-state index is 12.9. The van der Waals surface area contributed by atoms with E-state index in [2.05, 4.69) is 0 Å². The van der Waals surface area contributed by atoms with Crippen molar-refractivity contribution in [3.63, 3.8) is 0 Å². The van der Waals surface area contributed by atoms with Crippen LogP contribution in [0, 0.1) is 27.3 Å². The summed E-state index contributed by atoms with van der Waals surface area (Å²) in [7, 11) is -3.09. The minimum atomic E-state index is -4.19. The minimum absolute atomic E-state index is 0.461. The van der Waals surface area contributed by atoms with Crippen LogP contribution in [0.5, 0.6) is 0 Å². The van der Waals surface area contributed by atoms with E-state index in [-0.39, 0.29) is 0 Å². The Hall–Kier alpha value is -2.05. The van der Waals surface area contributed by atoms with Crippen LogP contribution in [0.3, 0.4) is 0 Å². The van der Waals surface area contributed by atoms with Crippen LogP contribution in [0.25, 0.3) is 0 Å². The third kappa shape index (κ3) is 2.61. The van der Waals surface area contributed by atoms with Crippen molar-refractivity contribution in [3.05, 3.63) is 34.1 Å². The van der Waals surface area contributed by atoms with Gasteiger partial charge in [0.15, 0.2) is 4.90 Å². The molecule has 0 spiro atoms. The van der Waals surface area contributed by atoms with Crippen LogP contribution in [0.2, 0.25) is 0 Å². The number of sulfonamides is 1. The van der Waals surface area contributed by atoms with E-state index in [0.717, 1.165) is 19.2 Å². The van der Waals surface area contributed by atoms with Crippen molar-refractivity contribution in [3.8, 4) is 6.07 Å². The molecule has 18 heavy (non-hydrogen) atoms. The summed E-state index contributed by atoms with van der Waals surface area (Å²) < 4.78 is 37.3. The lowest BCUT2D eigenvalue weighted by Crippen LogP contribution is -2.27. The number of hydrogen-bond acceptors (Lipinski definition) is 5. The summed E-state index contributed by atoms with van der Waals surface area (Å²) in [6.07, 6.45) is 0. The smallest absolute Gasteiger partial charge is 0.258 e. The predicted octanol–water partition coefficient (Wildman–Crippen LogP) is 0.878. The highest BCUT2D eigenvalue weighted by Gasteiger charge is 2.29. The van der Waals surface area contributed by atoms with Gasteiger partial charge in [-0.3, -0.25) is 10.1 Å². The van der Waals surface area contributed by atoms with Gasteiger partial charge in [0, 0.05) is 7.05 Å². The Morgan fingerprint density at radius 1 is 1.56 bits per heavy atom. The molecule has 0 aromatic heterocycles. The lowest BCUT2D eigenvalue weighted by molar-refractivity contribution is -0.388. The Kier molecular flexibility index (Phi) is 3.95. The second-order valence-electron chi connectivity index (χ2n) is 3.29. The van der Waals surface area contributed by atoms with Crippen LogP contribution in [0.4, 0.5) is 10.1 Å². The molecule has 0 atom stereocenters. The van der Waals surface area contributed by atoms with Gasteiger partial charge in [-0.2, -0.15) is 9.57 Å². The molecule has 0 radical (unpaired) electrons. The lowest BCUT2D eigenvalue weighted by Gasteiger charge is -2.13. The second-order valence-corrected chi connectivity index (χ2v) is 5.30. The highest BCUT2D eigenvalue weighted by atomic mass is 32.2. The van der Waals surface area contributed by atoms with E-state index in [1.54, 1.807) is 6.07 Å². The fourth-order valence-corrected chi connectivity index (χ4v) is 2.41. The number of nitrogens with zero attached hydrogens (tertiary/aromatic N) is 3. The number of rotatable bonds is 4. The molecule has 0 saturated carbocycles. The summed E-state index contributed by atoms with van der Waals surface area (Å²) >= 11 is 0. The average molecular weight is 273 g/mol. The van der Waals surface area contributed by atoms with E-state index in [1.807, 2.05) is 0 Å². The molecule has 0 aliphatic rings. The SMILES string of the molecule is CN(CC#N)S(=O)(=O)c1ccc(F)cc1[N+](=O)[O-]. The molecule has 0 fully saturated rings. The summed E-state index contributed by atoms with van der Waals surface area (Å²) in [6.45, 7) is -0.461. The van der Waals surface area contributed by atoms with Gasteiger partial charge in [0.05, 0.1) is 17.1 Å². The van der Waals surface area contributed by atoms with Gasteiger partial charge in [0.1, 0.15) is 12.4 Å². The first kappa shape index (κ1) is 14.0. The van der Waals surface area contributed by atoms with Crippen LogP contribution >= 0.6 is 0 Å². The van der Waals surface area contributed by atoms with Gasteiger partial charge in [0.2, 0.25) is 0 Å². The van der Waals surface area contributed by atoms with E-state index in [4.69, 9.17) is 5.26 Å². The summed E-state index contributed by atoms with van der Waals surface area (Å²) in [5.74, 6) is -0.913.